The molecule has 0 atom stereocenters. The summed E-state index contributed by atoms with van der Waals surface area (Å²) < 4.78 is 13.8. The normalized spacial score (nSPS) is 11.6. The predicted octanol–water partition coefficient (Wildman–Crippen LogP) is 4.88. The van der Waals surface area contributed by atoms with Crippen molar-refractivity contribution in [2.45, 2.75) is 19.8 Å². The van der Waals surface area contributed by atoms with Crippen LogP contribution in [0.15, 0.2) is 52.7 Å². The Morgan fingerprint density at radius 2 is 1.76 bits per heavy atom. The van der Waals surface area contributed by atoms with Crippen molar-refractivity contribution in [3.05, 3.63) is 70.0 Å². The Bertz CT molecular complexity index is 648. The maximum absolute atomic E-state index is 13.8. The van der Waals surface area contributed by atoms with Crippen molar-refractivity contribution in [3.63, 3.8) is 0 Å². The minimum Gasteiger partial charge on any atom is -0.206 e. The number of rotatable bonds is 5. The number of hydrogen-bond donors (Lipinski definition) is 0. The molecular weight excluding hydrogens is 287 g/mol. The third kappa shape index (κ3) is 4.80. The molecule has 0 N–H and O–H groups in total. The first-order valence-electron chi connectivity index (χ1n) is 6.79. The zero-order valence-corrected chi connectivity index (χ0v) is 12.5. The van der Waals surface area contributed by atoms with E-state index in [2.05, 4.69) is 17.1 Å². The van der Waals surface area contributed by atoms with Gasteiger partial charge in [0, 0.05) is 10.6 Å². The Morgan fingerprint density at radius 3 is 2.43 bits per heavy atom. The molecule has 0 saturated carbocycles. The topological polar surface area (TPSA) is 24.7 Å². The van der Waals surface area contributed by atoms with Gasteiger partial charge in [-0.05, 0) is 35.7 Å². The fraction of sp³-hybridized carbons (Fsp3) is 0.176. The van der Waals surface area contributed by atoms with Crippen molar-refractivity contribution in [3.8, 4) is 0 Å². The molecule has 0 fully saturated rings. The molecule has 0 bridgehead atoms. The van der Waals surface area contributed by atoms with E-state index in [0.29, 0.717) is 10.6 Å². The van der Waals surface area contributed by atoms with E-state index in [1.807, 2.05) is 18.2 Å². The smallest absolute Gasteiger partial charge is 0.132 e. The molecular formula is C17H16ClFN2. The quantitative estimate of drug-likeness (QED) is 0.555. The van der Waals surface area contributed by atoms with Crippen molar-refractivity contribution in [1.29, 1.82) is 0 Å². The molecule has 0 unspecified atom stereocenters. The van der Waals surface area contributed by atoms with E-state index in [0.717, 1.165) is 24.0 Å². The Kier molecular flexibility index (Phi) is 5.64. The van der Waals surface area contributed by atoms with Gasteiger partial charge in [-0.2, -0.15) is 10.2 Å². The Hall–Kier alpha value is -2.00. The molecule has 0 aliphatic heterocycles. The third-order valence-electron chi connectivity index (χ3n) is 2.94. The zero-order valence-electron chi connectivity index (χ0n) is 11.8. The van der Waals surface area contributed by atoms with Crippen molar-refractivity contribution in [2.75, 3.05) is 0 Å². The second-order valence-corrected chi connectivity index (χ2v) is 5.08. The Morgan fingerprint density at radius 1 is 1.05 bits per heavy atom. The standard InChI is InChI=1S/C17H16ClFN2/c1-2-3-13-4-7-15(17(19)10-13)12-21-20-11-14-5-8-16(18)9-6-14/h4-12H,2-3H2,1H3. The number of nitrogens with zero attached hydrogens (tertiary/aromatic N) is 2. The van der Waals surface area contributed by atoms with Gasteiger partial charge < -0.3 is 0 Å². The number of halogens is 2. The molecule has 0 amide bonds. The second-order valence-electron chi connectivity index (χ2n) is 4.65. The molecule has 0 radical (unpaired) electrons. The predicted molar refractivity (Wildman–Crippen MR) is 87.0 cm³/mol. The molecule has 0 aromatic heterocycles. The lowest BCUT2D eigenvalue weighted by molar-refractivity contribution is 0.623. The van der Waals surface area contributed by atoms with Gasteiger partial charge >= 0.3 is 0 Å². The molecule has 108 valence electrons. The molecule has 0 heterocycles. The van der Waals surface area contributed by atoms with Gasteiger partial charge in [0.2, 0.25) is 0 Å². The minimum atomic E-state index is -0.272. The van der Waals surface area contributed by atoms with Crippen LogP contribution in [0.3, 0.4) is 0 Å². The number of hydrogen-bond acceptors (Lipinski definition) is 2. The molecule has 2 rings (SSSR count). The van der Waals surface area contributed by atoms with Crippen LogP contribution in [0.1, 0.15) is 30.0 Å². The van der Waals surface area contributed by atoms with Crippen molar-refractivity contribution < 1.29 is 4.39 Å². The van der Waals surface area contributed by atoms with E-state index in [4.69, 9.17) is 11.6 Å². The van der Waals surface area contributed by atoms with Gasteiger partial charge in [-0.25, -0.2) is 4.39 Å². The number of aryl methyl sites for hydroxylation is 1. The molecule has 0 saturated heterocycles. The maximum Gasteiger partial charge on any atom is 0.132 e. The summed E-state index contributed by atoms with van der Waals surface area (Å²) in [6.07, 6.45) is 4.88. The lowest BCUT2D eigenvalue weighted by Gasteiger charge is -2.00. The first-order valence-corrected chi connectivity index (χ1v) is 7.17. The van der Waals surface area contributed by atoms with E-state index < -0.39 is 0 Å². The minimum absolute atomic E-state index is 0.272. The monoisotopic (exact) mass is 302 g/mol. The summed E-state index contributed by atoms with van der Waals surface area (Å²) in [7, 11) is 0. The molecule has 0 spiro atoms. The van der Waals surface area contributed by atoms with Gasteiger partial charge in [-0.1, -0.05) is 49.2 Å². The van der Waals surface area contributed by atoms with Crippen molar-refractivity contribution in [1.82, 2.24) is 0 Å². The summed E-state index contributed by atoms with van der Waals surface area (Å²) in [4.78, 5) is 0. The van der Waals surface area contributed by atoms with E-state index in [1.54, 1.807) is 30.5 Å². The number of benzene rings is 2. The van der Waals surface area contributed by atoms with Crippen LogP contribution in [0, 0.1) is 5.82 Å². The average molecular weight is 303 g/mol. The fourth-order valence-electron chi connectivity index (χ4n) is 1.86. The summed E-state index contributed by atoms with van der Waals surface area (Å²) in [6.45, 7) is 2.07. The van der Waals surface area contributed by atoms with Gasteiger partial charge in [0.05, 0.1) is 12.4 Å². The largest absolute Gasteiger partial charge is 0.206 e. The molecule has 2 aromatic rings. The van der Waals surface area contributed by atoms with E-state index in [1.165, 1.54) is 6.21 Å². The fourth-order valence-corrected chi connectivity index (χ4v) is 1.99. The summed E-state index contributed by atoms with van der Waals surface area (Å²) in [6, 6.07) is 12.4. The molecule has 0 aliphatic rings. The molecule has 4 heteroatoms. The molecule has 0 aliphatic carbocycles. The molecule has 2 aromatic carbocycles. The lowest BCUT2D eigenvalue weighted by Crippen LogP contribution is -1.91. The van der Waals surface area contributed by atoms with Gasteiger partial charge in [0.25, 0.3) is 0 Å². The van der Waals surface area contributed by atoms with Gasteiger partial charge in [0.1, 0.15) is 5.82 Å². The van der Waals surface area contributed by atoms with Crippen molar-refractivity contribution in [2.24, 2.45) is 10.2 Å². The average Bonchev–Trinajstić information content (AvgIpc) is 2.47. The van der Waals surface area contributed by atoms with Crippen molar-refractivity contribution >= 4 is 24.0 Å². The van der Waals surface area contributed by atoms with Gasteiger partial charge in [-0.15, -0.1) is 0 Å². The highest BCUT2D eigenvalue weighted by Gasteiger charge is 2.00. The summed E-state index contributed by atoms with van der Waals surface area (Å²) in [5.41, 5.74) is 2.32. The summed E-state index contributed by atoms with van der Waals surface area (Å²) in [5, 5.41) is 8.44. The molecule has 21 heavy (non-hydrogen) atoms. The second kappa shape index (κ2) is 7.70. The highest BCUT2D eigenvalue weighted by atomic mass is 35.5. The van der Waals surface area contributed by atoms with Crippen LogP contribution >= 0.6 is 11.6 Å². The third-order valence-corrected chi connectivity index (χ3v) is 3.20. The highest BCUT2D eigenvalue weighted by Crippen LogP contribution is 2.11. The highest BCUT2D eigenvalue weighted by molar-refractivity contribution is 6.30. The van der Waals surface area contributed by atoms with Crippen LogP contribution in [0.4, 0.5) is 4.39 Å². The maximum atomic E-state index is 13.8. The zero-order chi connectivity index (χ0) is 15.1. The van der Waals surface area contributed by atoms with E-state index >= 15 is 0 Å². The Balaban J connectivity index is 2.02. The summed E-state index contributed by atoms with van der Waals surface area (Å²) in [5.74, 6) is -0.272. The Labute approximate surface area is 129 Å². The SMILES string of the molecule is CCCc1ccc(C=NN=Cc2ccc(Cl)cc2)c(F)c1. The van der Waals surface area contributed by atoms with Crippen LogP contribution in [-0.4, -0.2) is 12.4 Å². The van der Waals surface area contributed by atoms with Crippen LogP contribution < -0.4 is 0 Å². The van der Waals surface area contributed by atoms with Crippen LogP contribution in [0.25, 0.3) is 0 Å². The molecule has 2 nitrogen and oxygen atoms in total. The van der Waals surface area contributed by atoms with Gasteiger partial charge in [-0.3, -0.25) is 0 Å². The first-order chi connectivity index (χ1) is 10.2. The van der Waals surface area contributed by atoms with E-state index in [-0.39, 0.29) is 5.82 Å². The first kappa shape index (κ1) is 15.4. The van der Waals surface area contributed by atoms with E-state index in [9.17, 15) is 4.39 Å². The van der Waals surface area contributed by atoms with Crippen LogP contribution in [0.5, 0.6) is 0 Å². The summed E-state index contributed by atoms with van der Waals surface area (Å²) >= 11 is 5.79. The van der Waals surface area contributed by atoms with Crippen LogP contribution in [0.2, 0.25) is 5.02 Å². The van der Waals surface area contributed by atoms with Gasteiger partial charge in [0.15, 0.2) is 0 Å². The van der Waals surface area contributed by atoms with Crippen LogP contribution in [-0.2, 0) is 6.42 Å². The lowest BCUT2D eigenvalue weighted by atomic mass is 10.1.